The number of carbonyl (C=O) groups is 1. The van der Waals surface area contributed by atoms with Gasteiger partial charge in [-0.05, 0) is 27.7 Å². The molecule has 1 rings (SSSR count). The number of hydrogen-bond acceptors (Lipinski definition) is 3. The van der Waals surface area contributed by atoms with Gasteiger partial charge in [0.1, 0.15) is 0 Å². The minimum atomic E-state index is -4.90. The first-order chi connectivity index (χ1) is 10.9. The van der Waals surface area contributed by atoms with Crippen molar-refractivity contribution in [1.82, 2.24) is 9.80 Å². The van der Waals surface area contributed by atoms with E-state index in [4.69, 9.17) is 8.22 Å². The molecular weight excluding hydrogens is 261 g/mol. The lowest BCUT2D eigenvalue weighted by atomic mass is 10.1. The second-order valence-electron chi connectivity index (χ2n) is 5.00. The molecule has 1 amide bonds. The monoisotopic (exact) mass is 288 g/mol. The molecule has 0 aromatic heterocycles. The van der Waals surface area contributed by atoms with Gasteiger partial charge in [0.05, 0.1) is 4.11 Å². The highest BCUT2D eigenvalue weighted by Gasteiger charge is 2.40. The second-order valence-corrected chi connectivity index (χ2v) is 5.00. The fourth-order valence-corrected chi connectivity index (χ4v) is 1.09. The molecule has 0 saturated carbocycles. The van der Waals surface area contributed by atoms with Crippen LogP contribution in [0.5, 0.6) is 0 Å². The van der Waals surface area contributed by atoms with E-state index in [9.17, 15) is 18.0 Å². The zero-order valence-corrected chi connectivity index (χ0v) is 11.1. The van der Waals surface area contributed by atoms with E-state index in [0.717, 1.165) is 4.90 Å². The van der Waals surface area contributed by atoms with Crippen molar-refractivity contribution >= 4 is 6.09 Å². The lowest BCUT2D eigenvalue weighted by Gasteiger charge is -2.42. The fourth-order valence-electron chi connectivity index (χ4n) is 1.09. The summed E-state index contributed by atoms with van der Waals surface area (Å²) in [5, 5.41) is 0. The number of rotatable bonds is 1. The Morgan fingerprint density at radius 2 is 1.84 bits per heavy atom. The topological polar surface area (TPSA) is 32.8 Å². The van der Waals surface area contributed by atoms with Gasteiger partial charge in [0.2, 0.25) is 0 Å². The highest BCUT2D eigenvalue weighted by atomic mass is 19.4. The molecule has 112 valence electrons. The zero-order valence-electron chi connectivity index (χ0n) is 17.1. The summed E-state index contributed by atoms with van der Waals surface area (Å²) >= 11 is 0. The molecule has 0 radical (unpaired) electrons. The largest absolute Gasteiger partial charge is 0.437 e. The number of ether oxygens (including phenoxy) is 1. The maximum Gasteiger partial charge on any atom is 0.425 e. The van der Waals surface area contributed by atoms with E-state index in [1.54, 1.807) is 0 Å². The van der Waals surface area contributed by atoms with E-state index < -0.39 is 49.9 Å². The van der Waals surface area contributed by atoms with Crippen LogP contribution < -0.4 is 0 Å². The number of piperazine rings is 1. The predicted octanol–water partition coefficient (Wildman–Crippen LogP) is 2.49. The van der Waals surface area contributed by atoms with Crippen molar-refractivity contribution < 1.29 is 30.9 Å². The average Bonchev–Trinajstić information content (AvgIpc) is 2.33. The van der Waals surface area contributed by atoms with Crippen molar-refractivity contribution in [1.29, 1.82) is 0 Å². The summed E-state index contributed by atoms with van der Waals surface area (Å²) in [4.78, 5) is 12.7. The minimum absolute atomic E-state index is 0.0881. The molecule has 1 fully saturated rings. The molecule has 0 spiro atoms. The van der Waals surface area contributed by atoms with E-state index in [1.807, 2.05) is 0 Å². The van der Waals surface area contributed by atoms with Crippen molar-refractivity contribution in [3.05, 3.63) is 0 Å². The quantitative estimate of drug-likeness (QED) is 0.743. The van der Waals surface area contributed by atoms with Crippen LogP contribution in [-0.4, -0.2) is 59.7 Å². The smallest absolute Gasteiger partial charge is 0.425 e. The number of alkyl halides is 3. The third-order valence-corrected chi connectivity index (χ3v) is 2.31. The maximum atomic E-state index is 12.6. The van der Waals surface area contributed by atoms with Crippen LogP contribution in [0.15, 0.2) is 0 Å². The fraction of sp³-hybridized carbons (Fsp3) is 0.917. The zero-order chi connectivity index (χ0) is 20.2. The van der Waals surface area contributed by atoms with Crippen molar-refractivity contribution in [2.45, 2.75) is 45.5 Å². The summed E-state index contributed by atoms with van der Waals surface area (Å²) < 4.78 is 89.7. The first-order valence-corrected chi connectivity index (χ1v) is 5.57. The summed E-state index contributed by atoms with van der Waals surface area (Å²) in [6, 6.07) is 0. The Hall–Kier alpha value is -0.980. The van der Waals surface area contributed by atoms with Crippen LogP contribution in [0.3, 0.4) is 0 Å². The van der Waals surface area contributed by atoms with Crippen LogP contribution in [0.25, 0.3) is 0 Å². The van der Waals surface area contributed by atoms with Crippen molar-refractivity contribution in [3.63, 3.8) is 0 Å². The number of nitrogens with zero attached hydrogens (tertiary/aromatic N) is 2. The van der Waals surface area contributed by atoms with E-state index in [-0.39, 0.29) is 4.90 Å². The number of carbonyl (C=O) groups excluding carboxylic acids is 1. The molecule has 0 N–H and O–H groups in total. The molecule has 3 atom stereocenters. The van der Waals surface area contributed by atoms with Gasteiger partial charge in [0, 0.05) is 35.7 Å². The first-order valence-electron chi connectivity index (χ1n) is 8.73. The molecule has 0 bridgehead atoms. The third-order valence-electron chi connectivity index (χ3n) is 2.31. The van der Waals surface area contributed by atoms with Gasteiger partial charge in [-0.15, -0.1) is 0 Å². The van der Waals surface area contributed by atoms with Gasteiger partial charge in [-0.3, -0.25) is 4.90 Å². The maximum absolute atomic E-state index is 12.6. The SMILES string of the molecule is [2H]C1C([2H])N(C(C)(C)C)C([2H])([2H])C([2H])([2H])N1C(=O)OC(C)C(F)(F)F. The Bertz CT molecular complexity index is 526. The molecule has 19 heavy (non-hydrogen) atoms. The van der Waals surface area contributed by atoms with Gasteiger partial charge in [0.15, 0.2) is 6.10 Å². The standard InChI is InChI=1S/C12H21F3N2O2/c1-9(12(13,14)15)19-10(18)16-5-7-17(8-6-16)11(2,3)4/h9H,5-8H2,1-4H3/i5D,6D2,7D,8D2. The molecule has 1 heterocycles. The van der Waals surface area contributed by atoms with Crippen molar-refractivity contribution in [3.8, 4) is 0 Å². The molecular formula is C12H21F3N2O2. The lowest BCUT2D eigenvalue weighted by Crippen LogP contribution is -2.55. The minimum Gasteiger partial charge on any atom is -0.437 e. The average molecular weight is 288 g/mol. The molecule has 1 aliphatic rings. The first kappa shape index (κ1) is 9.05. The summed E-state index contributed by atoms with van der Waals surface area (Å²) in [5.41, 5.74) is -1.09. The van der Waals surface area contributed by atoms with Gasteiger partial charge in [-0.25, -0.2) is 4.79 Å². The van der Waals surface area contributed by atoms with E-state index in [1.165, 1.54) is 20.8 Å². The molecule has 7 heteroatoms. The summed E-state index contributed by atoms with van der Waals surface area (Å²) in [6.07, 6.45) is -9.31. The Kier molecular flexibility index (Phi) is 2.65. The van der Waals surface area contributed by atoms with Crippen LogP contribution in [0.4, 0.5) is 18.0 Å². The van der Waals surface area contributed by atoms with Gasteiger partial charge in [0.25, 0.3) is 0 Å². The summed E-state index contributed by atoms with van der Waals surface area (Å²) in [7, 11) is 0. The van der Waals surface area contributed by atoms with Crippen LogP contribution in [-0.2, 0) is 4.74 Å². The Morgan fingerprint density at radius 3 is 2.32 bits per heavy atom. The second kappa shape index (κ2) is 5.56. The van der Waals surface area contributed by atoms with Crippen LogP contribution >= 0.6 is 0 Å². The number of halogens is 3. The Morgan fingerprint density at radius 1 is 1.26 bits per heavy atom. The molecule has 4 nitrogen and oxygen atoms in total. The molecule has 0 aromatic carbocycles. The molecule has 1 aliphatic heterocycles. The van der Waals surface area contributed by atoms with Gasteiger partial charge >= 0.3 is 12.3 Å². The van der Waals surface area contributed by atoms with Crippen molar-refractivity contribution in [2.75, 3.05) is 26.0 Å². The Balaban J connectivity index is 3.29. The number of amides is 1. The molecule has 0 aliphatic carbocycles. The van der Waals surface area contributed by atoms with E-state index in [2.05, 4.69) is 4.74 Å². The van der Waals surface area contributed by atoms with Gasteiger partial charge < -0.3 is 9.64 Å². The normalized spacial score (nSPS) is 37.9. The van der Waals surface area contributed by atoms with Crippen LogP contribution in [0.2, 0.25) is 0 Å². The molecule has 1 saturated heterocycles. The molecule has 3 unspecified atom stereocenters. The van der Waals surface area contributed by atoms with E-state index >= 15 is 0 Å². The van der Waals surface area contributed by atoms with Crippen LogP contribution in [0.1, 0.15) is 35.9 Å². The van der Waals surface area contributed by atoms with E-state index in [0.29, 0.717) is 6.92 Å². The van der Waals surface area contributed by atoms with Gasteiger partial charge in [-0.1, -0.05) is 0 Å². The highest BCUT2D eigenvalue weighted by molar-refractivity contribution is 5.68. The predicted molar refractivity (Wildman–Crippen MR) is 64.9 cm³/mol. The molecule has 0 aromatic rings. The van der Waals surface area contributed by atoms with Crippen LogP contribution in [0, 0.1) is 0 Å². The Labute approximate surface area is 119 Å². The lowest BCUT2D eigenvalue weighted by molar-refractivity contribution is -0.200. The number of hydrogen-bond donors (Lipinski definition) is 0. The van der Waals surface area contributed by atoms with Gasteiger partial charge in [-0.2, -0.15) is 13.2 Å². The highest BCUT2D eigenvalue weighted by Crippen LogP contribution is 2.23. The summed E-state index contributed by atoms with van der Waals surface area (Å²) in [6.45, 7) is -4.87. The van der Waals surface area contributed by atoms with Crippen molar-refractivity contribution in [2.24, 2.45) is 0 Å². The third kappa shape index (κ3) is 4.56. The summed E-state index contributed by atoms with van der Waals surface area (Å²) in [5.74, 6) is 0.